The molecule has 2 aliphatic heterocycles. The van der Waals surface area contributed by atoms with Gasteiger partial charge in [0.2, 0.25) is 0 Å². The Labute approximate surface area is 78.9 Å². The second-order valence-corrected chi connectivity index (χ2v) is 3.67. The third-order valence-corrected chi connectivity index (χ3v) is 3.15. The summed E-state index contributed by atoms with van der Waals surface area (Å²) in [5.74, 6) is -1.23. The lowest BCUT2D eigenvalue weighted by Crippen LogP contribution is -2.51. The Bertz CT molecular complexity index is 358. The smallest absolute Gasteiger partial charge is 0.353 e. The fourth-order valence-electron chi connectivity index (χ4n) is 1.40. The van der Waals surface area contributed by atoms with Crippen LogP contribution in [-0.4, -0.2) is 27.3 Å². The number of rotatable bonds is 1. The van der Waals surface area contributed by atoms with Crippen molar-refractivity contribution in [2.75, 3.05) is 0 Å². The number of amides is 1. The number of thioether (sulfide) groups is 1. The van der Waals surface area contributed by atoms with Gasteiger partial charge in [-0.15, -0.1) is 11.8 Å². The fraction of sp³-hybridized carbons (Fsp3) is 0.250. The third-order valence-electron chi connectivity index (χ3n) is 2.06. The van der Waals surface area contributed by atoms with E-state index in [1.807, 2.05) is 0 Å². The Morgan fingerprint density at radius 1 is 1.77 bits per heavy atom. The second kappa shape index (κ2) is 2.63. The van der Waals surface area contributed by atoms with Crippen LogP contribution in [0.15, 0.2) is 22.8 Å². The number of fused-ring (bicyclic) bond motifs is 1. The molecule has 0 bridgehead atoms. The molecule has 0 aliphatic carbocycles. The molecule has 1 N–H and O–H groups in total. The monoisotopic (exact) mass is 197 g/mol. The average Bonchev–Trinajstić information content (AvgIpc) is 2.45. The maximum Gasteiger partial charge on any atom is 0.353 e. The van der Waals surface area contributed by atoms with Gasteiger partial charge in [0.15, 0.2) is 0 Å². The molecule has 0 spiro atoms. The molecule has 1 atom stereocenters. The van der Waals surface area contributed by atoms with Crippen molar-refractivity contribution >= 4 is 23.6 Å². The van der Waals surface area contributed by atoms with Gasteiger partial charge in [-0.05, 0) is 6.92 Å². The predicted octanol–water partition coefficient (Wildman–Crippen LogP) is 0.774. The number of carboxylic acids is 1. The molecule has 68 valence electrons. The number of nitrogens with zero attached hydrogens (tertiary/aromatic N) is 1. The Morgan fingerprint density at radius 2 is 2.46 bits per heavy atom. The number of aliphatic carboxylic acids is 1. The quantitative estimate of drug-likeness (QED) is 0.498. The van der Waals surface area contributed by atoms with Crippen LogP contribution in [0.4, 0.5) is 0 Å². The molecule has 4 nitrogen and oxygen atoms in total. The van der Waals surface area contributed by atoms with Crippen LogP contribution in [0.3, 0.4) is 0 Å². The van der Waals surface area contributed by atoms with Crippen molar-refractivity contribution in [1.29, 1.82) is 0 Å². The Balaban J connectivity index is 2.28. The van der Waals surface area contributed by atoms with Crippen molar-refractivity contribution in [2.45, 2.75) is 12.3 Å². The maximum absolute atomic E-state index is 11.3. The molecular weight excluding hydrogens is 190 g/mol. The van der Waals surface area contributed by atoms with Gasteiger partial charge in [-0.3, -0.25) is 9.69 Å². The lowest BCUT2D eigenvalue weighted by Gasteiger charge is -2.36. The molecule has 0 aromatic carbocycles. The van der Waals surface area contributed by atoms with Crippen LogP contribution in [0.25, 0.3) is 0 Å². The van der Waals surface area contributed by atoms with E-state index in [1.165, 1.54) is 22.1 Å². The number of hydrogen-bond donors (Lipinski definition) is 1. The van der Waals surface area contributed by atoms with E-state index in [4.69, 9.17) is 5.11 Å². The SMILES string of the molecule is CC=C1C(=O)N2C(C(=O)O)=CS[C@H]12. The number of hydrogen-bond acceptors (Lipinski definition) is 3. The minimum absolute atomic E-state index is 0.0885. The zero-order valence-corrected chi connectivity index (χ0v) is 7.67. The van der Waals surface area contributed by atoms with Crippen molar-refractivity contribution in [2.24, 2.45) is 0 Å². The second-order valence-electron chi connectivity index (χ2n) is 2.72. The number of carboxylic acid groups (broad SMARTS) is 1. The van der Waals surface area contributed by atoms with E-state index in [0.29, 0.717) is 5.57 Å². The first kappa shape index (κ1) is 8.37. The molecule has 0 radical (unpaired) electrons. The topological polar surface area (TPSA) is 57.6 Å². The molecule has 2 rings (SSSR count). The van der Waals surface area contributed by atoms with Crippen LogP contribution < -0.4 is 0 Å². The highest BCUT2D eigenvalue weighted by atomic mass is 32.2. The zero-order chi connectivity index (χ0) is 9.59. The van der Waals surface area contributed by atoms with Crippen molar-refractivity contribution < 1.29 is 14.7 Å². The standard InChI is InChI=1S/C8H7NO3S/c1-2-4-6(10)9-5(8(11)12)3-13-7(4)9/h2-3,7H,1H3,(H,11,12)/t7-/m1/s1. The minimum atomic E-state index is -1.04. The maximum atomic E-state index is 11.3. The van der Waals surface area contributed by atoms with Gasteiger partial charge in [0, 0.05) is 11.0 Å². The highest BCUT2D eigenvalue weighted by Gasteiger charge is 2.48. The van der Waals surface area contributed by atoms with Gasteiger partial charge >= 0.3 is 5.97 Å². The minimum Gasteiger partial charge on any atom is -0.477 e. The highest BCUT2D eigenvalue weighted by Crippen LogP contribution is 2.44. The molecule has 1 saturated heterocycles. The van der Waals surface area contributed by atoms with E-state index in [1.54, 1.807) is 13.0 Å². The Kier molecular flexibility index (Phi) is 1.69. The number of β-lactam (4-membered cyclic amide) rings is 1. The molecule has 0 saturated carbocycles. The highest BCUT2D eigenvalue weighted by molar-refractivity contribution is 8.03. The number of carbonyl (C=O) groups excluding carboxylic acids is 1. The lowest BCUT2D eigenvalue weighted by atomic mass is 10.1. The molecular formula is C8H7NO3S. The molecule has 5 heteroatoms. The third kappa shape index (κ3) is 0.935. The normalized spacial score (nSPS) is 28.5. The average molecular weight is 197 g/mol. The molecule has 0 unspecified atom stereocenters. The summed E-state index contributed by atoms with van der Waals surface area (Å²) < 4.78 is 0. The predicted molar refractivity (Wildman–Crippen MR) is 47.7 cm³/mol. The summed E-state index contributed by atoms with van der Waals surface area (Å²) in [4.78, 5) is 23.3. The van der Waals surface area contributed by atoms with E-state index < -0.39 is 5.97 Å². The van der Waals surface area contributed by atoms with Crippen LogP contribution in [0.2, 0.25) is 0 Å². The van der Waals surface area contributed by atoms with Gasteiger partial charge in [-0.1, -0.05) is 6.08 Å². The fourth-order valence-corrected chi connectivity index (χ4v) is 2.59. The molecule has 1 amide bonds. The van der Waals surface area contributed by atoms with Crippen molar-refractivity contribution in [3.8, 4) is 0 Å². The molecule has 13 heavy (non-hydrogen) atoms. The number of allylic oxidation sites excluding steroid dienone is 1. The lowest BCUT2D eigenvalue weighted by molar-refractivity contribution is -0.141. The molecule has 2 aliphatic rings. The van der Waals surface area contributed by atoms with E-state index in [9.17, 15) is 9.59 Å². The first-order valence-electron chi connectivity index (χ1n) is 3.75. The summed E-state index contributed by atoms with van der Waals surface area (Å²) >= 11 is 1.36. The number of carbonyl (C=O) groups is 2. The van der Waals surface area contributed by atoms with Gasteiger partial charge in [0.25, 0.3) is 5.91 Å². The first-order chi connectivity index (χ1) is 6.16. The van der Waals surface area contributed by atoms with Gasteiger partial charge in [0.05, 0.1) is 0 Å². The Hall–Kier alpha value is -1.23. The molecule has 1 fully saturated rings. The van der Waals surface area contributed by atoms with Crippen LogP contribution in [-0.2, 0) is 9.59 Å². The summed E-state index contributed by atoms with van der Waals surface area (Å²) in [7, 11) is 0. The van der Waals surface area contributed by atoms with Gasteiger partial charge in [-0.2, -0.15) is 0 Å². The first-order valence-corrected chi connectivity index (χ1v) is 4.69. The Morgan fingerprint density at radius 3 is 3.00 bits per heavy atom. The summed E-state index contributed by atoms with van der Waals surface area (Å²) in [6.45, 7) is 1.78. The largest absolute Gasteiger partial charge is 0.477 e. The van der Waals surface area contributed by atoms with E-state index in [-0.39, 0.29) is 17.0 Å². The van der Waals surface area contributed by atoms with Gasteiger partial charge < -0.3 is 5.11 Å². The summed E-state index contributed by atoms with van der Waals surface area (Å²) in [5.41, 5.74) is 0.781. The molecule has 0 aromatic heterocycles. The van der Waals surface area contributed by atoms with Crippen LogP contribution >= 0.6 is 11.8 Å². The summed E-state index contributed by atoms with van der Waals surface area (Å²) in [6, 6.07) is 0. The van der Waals surface area contributed by atoms with Crippen LogP contribution in [0.5, 0.6) is 0 Å². The van der Waals surface area contributed by atoms with E-state index in [2.05, 4.69) is 0 Å². The van der Waals surface area contributed by atoms with Crippen molar-refractivity contribution in [3.63, 3.8) is 0 Å². The summed E-state index contributed by atoms with van der Waals surface area (Å²) in [6.07, 6.45) is 1.73. The van der Waals surface area contributed by atoms with Crippen LogP contribution in [0, 0.1) is 0 Å². The zero-order valence-electron chi connectivity index (χ0n) is 6.85. The van der Waals surface area contributed by atoms with Crippen molar-refractivity contribution in [1.82, 2.24) is 4.90 Å². The molecule has 0 aromatic rings. The van der Waals surface area contributed by atoms with Crippen LogP contribution in [0.1, 0.15) is 6.92 Å². The van der Waals surface area contributed by atoms with Crippen molar-refractivity contribution in [3.05, 3.63) is 22.8 Å². The summed E-state index contributed by atoms with van der Waals surface area (Å²) in [5, 5.41) is 10.1. The van der Waals surface area contributed by atoms with Gasteiger partial charge in [0.1, 0.15) is 11.1 Å². The van der Waals surface area contributed by atoms with E-state index >= 15 is 0 Å². The molecule has 2 heterocycles. The van der Waals surface area contributed by atoms with Gasteiger partial charge in [-0.25, -0.2) is 4.79 Å². The van der Waals surface area contributed by atoms with E-state index in [0.717, 1.165) is 0 Å².